The van der Waals surface area contributed by atoms with Crippen molar-refractivity contribution in [1.82, 2.24) is 9.61 Å². The predicted octanol–water partition coefficient (Wildman–Crippen LogP) is 2.72. The molecule has 0 unspecified atom stereocenters. The number of rotatable bonds is 3. The molecule has 0 aliphatic rings. The number of nitrogens with zero attached hydrogens (tertiary/aromatic N) is 3. The van der Waals surface area contributed by atoms with Crippen molar-refractivity contribution in [2.45, 2.75) is 6.92 Å². The Hall–Kier alpha value is -2.26. The molecule has 19 heavy (non-hydrogen) atoms. The lowest BCUT2D eigenvalue weighted by Crippen LogP contribution is -2.04. The Balaban J connectivity index is 2.73. The van der Waals surface area contributed by atoms with Crippen molar-refractivity contribution in [2.24, 2.45) is 0 Å². The van der Waals surface area contributed by atoms with Crippen LogP contribution >= 0.6 is 11.6 Å². The summed E-state index contributed by atoms with van der Waals surface area (Å²) in [5.74, 6) is -0.272. The summed E-state index contributed by atoms with van der Waals surface area (Å²) in [5.41, 5.74) is 0.794. The van der Waals surface area contributed by atoms with Crippen molar-refractivity contribution in [1.29, 1.82) is 0 Å². The van der Waals surface area contributed by atoms with E-state index in [1.54, 1.807) is 6.92 Å². The largest absolute Gasteiger partial charge is 0.494 e. The van der Waals surface area contributed by atoms with Gasteiger partial charge in [-0.05, 0) is 6.92 Å². The van der Waals surface area contributed by atoms with Gasteiger partial charge in [0.15, 0.2) is 5.75 Å². The molecule has 0 amide bonds. The first kappa shape index (κ1) is 13.2. The highest BCUT2D eigenvalue weighted by molar-refractivity contribution is 6.37. The average Bonchev–Trinajstić information content (AvgIpc) is 2.79. The van der Waals surface area contributed by atoms with Crippen LogP contribution < -0.4 is 4.74 Å². The molecule has 2 heterocycles. The molecule has 98 valence electrons. The van der Waals surface area contributed by atoms with E-state index in [0.29, 0.717) is 5.52 Å². The van der Waals surface area contributed by atoms with Crippen LogP contribution in [-0.2, 0) is 4.74 Å². The van der Waals surface area contributed by atoms with E-state index in [1.807, 2.05) is 0 Å². The summed E-state index contributed by atoms with van der Waals surface area (Å²) in [6.45, 7) is 8.97. The van der Waals surface area contributed by atoms with E-state index in [-0.39, 0.29) is 28.6 Å². The van der Waals surface area contributed by atoms with Crippen LogP contribution in [0.25, 0.3) is 10.4 Å². The molecule has 0 N–H and O–H groups in total. The molecule has 2 aromatic rings. The molecule has 2 rings (SSSR count). The first-order valence-electron chi connectivity index (χ1n) is 5.42. The van der Waals surface area contributed by atoms with Crippen molar-refractivity contribution in [3.05, 3.63) is 34.4 Å². The first-order valence-corrected chi connectivity index (χ1v) is 5.80. The number of esters is 1. The summed E-state index contributed by atoms with van der Waals surface area (Å²) in [7, 11) is 1.42. The van der Waals surface area contributed by atoms with E-state index in [1.165, 1.54) is 24.0 Å². The van der Waals surface area contributed by atoms with Gasteiger partial charge in [0.25, 0.3) is 0 Å². The standard InChI is InChI=1S/C12H10ClN3O3/c1-4-19-12(17)7-6-16-10(11(7)18-3)9(13)8(14-2)5-15-16/h5-6H,4H2,1,3H3. The second-order valence-electron chi connectivity index (χ2n) is 3.55. The fraction of sp³-hybridized carbons (Fsp3) is 0.250. The maximum atomic E-state index is 11.8. The highest BCUT2D eigenvalue weighted by atomic mass is 35.5. The maximum Gasteiger partial charge on any atom is 0.343 e. The lowest BCUT2D eigenvalue weighted by atomic mass is 10.3. The zero-order valence-corrected chi connectivity index (χ0v) is 11.1. The van der Waals surface area contributed by atoms with Gasteiger partial charge in [0.05, 0.1) is 31.5 Å². The van der Waals surface area contributed by atoms with Crippen LogP contribution in [0, 0.1) is 6.57 Å². The van der Waals surface area contributed by atoms with Crippen LogP contribution in [0.4, 0.5) is 5.69 Å². The van der Waals surface area contributed by atoms with E-state index in [2.05, 4.69) is 9.94 Å². The molecule has 7 heteroatoms. The molecule has 6 nitrogen and oxygen atoms in total. The Morgan fingerprint density at radius 1 is 1.63 bits per heavy atom. The Morgan fingerprint density at radius 3 is 2.95 bits per heavy atom. The molecule has 0 aliphatic carbocycles. The fourth-order valence-electron chi connectivity index (χ4n) is 1.70. The second-order valence-corrected chi connectivity index (χ2v) is 3.92. The Morgan fingerprint density at radius 2 is 2.37 bits per heavy atom. The van der Waals surface area contributed by atoms with Gasteiger partial charge in [-0.15, -0.1) is 0 Å². The van der Waals surface area contributed by atoms with Gasteiger partial charge in [-0.2, -0.15) is 5.10 Å². The zero-order chi connectivity index (χ0) is 14.0. The van der Waals surface area contributed by atoms with Gasteiger partial charge in [-0.25, -0.2) is 14.2 Å². The molecule has 0 aromatic carbocycles. The Kier molecular flexibility index (Phi) is 3.58. The van der Waals surface area contributed by atoms with E-state index < -0.39 is 5.97 Å². The number of ether oxygens (including phenoxy) is 2. The number of aromatic nitrogens is 2. The molecule has 0 spiro atoms. The lowest BCUT2D eigenvalue weighted by molar-refractivity contribution is 0.0523. The third-order valence-corrected chi connectivity index (χ3v) is 2.87. The molecule has 0 saturated carbocycles. The van der Waals surface area contributed by atoms with Crippen LogP contribution in [-0.4, -0.2) is 29.3 Å². The molecule has 0 aliphatic heterocycles. The SMILES string of the molecule is [C-]#[N+]c1cnn2cc(C(=O)OCC)c(OC)c2c1Cl. The van der Waals surface area contributed by atoms with Crippen LogP contribution in [0.15, 0.2) is 12.4 Å². The van der Waals surface area contributed by atoms with Crippen molar-refractivity contribution < 1.29 is 14.3 Å². The molecule has 0 saturated heterocycles. The normalized spacial score (nSPS) is 10.2. The topological polar surface area (TPSA) is 57.2 Å². The number of halogens is 1. The predicted molar refractivity (Wildman–Crippen MR) is 69.0 cm³/mol. The van der Waals surface area contributed by atoms with E-state index in [4.69, 9.17) is 27.6 Å². The quantitative estimate of drug-likeness (QED) is 0.640. The van der Waals surface area contributed by atoms with Crippen LogP contribution in [0.1, 0.15) is 17.3 Å². The van der Waals surface area contributed by atoms with E-state index >= 15 is 0 Å². The average molecular weight is 280 g/mol. The highest BCUT2D eigenvalue weighted by Gasteiger charge is 2.22. The van der Waals surface area contributed by atoms with Crippen LogP contribution in [0.2, 0.25) is 5.02 Å². The smallest absolute Gasteiger partial charge is 0.343 e. The third kappa shape index (κ3) is 2.09. The second kappa shape index (κ2) is 5.16. The molecule has 2 aromatic heterocycles. The summed E-state index contributed by atoms with van der Waals surface area (Å²) in [4.78, 5) is 15.1. The number of carbonyl (C=O) groups excluding carboxylic acids is 1. The van der Waals surface area contributed by atoms with Gasteiger partial charge >= 0.3 is 5.97 Å². The fourth-order valence-corrected chi connectivity index (χ4v) is 1.97. The van der Waals surface area contributed by atoms with Gasteiger partial charge < -0.3 is 9.47 Å². The van der Waals surface area contributed by atoms with Crippen molar-refractivity contribution >= 4 is 28.8 Å². The van der Waals surface area contributed by atoms with Crippen molar-refractivity contribution in [3.8, 4) is 5.75 Å². The summed E-state index contributed by atoms with van der Waals surface area (Å²) in [6.07, 6.45) is 2.79. The van der Waals surface area contributed by atoms with Gasteiger partial charge in [0, 0.05) is 6.20 Å². The monoisotopic (exact) mass is 279 g/mol. The number of hydrogen-bond donors (Lipinski definition) is 0. The lowest BCUT2D eigenvalue weighted by Gasteiger charge is -2.04. The Labute approximate surface area is 114 Å². The maximum absolute atomic E-state index is 11.8. The van der Waals surface area contributed by atoms with Gasteiger partial charge in [-0.3, -0.25) is 0 Å². The number of carbonyl (C=O) groups is 1. The molecular formula is C12H10ClN3O3. The molecular weight excluding hydrogens is 270 g/mol. The van der Waals surface area contributed by atoms with Gasteiger partial charge in [0.1, 0.15) is 11.1 Å². The number of fused-ring (bicyclic) bond motifs is 1. The summed E-state index contributed by atoms with van der Waals surface area (Å²) in [6, 6.07) is 0. The van der Waals surface area contributed by atoms with Crippen molar-refractivity contribution in [3.63, 3.8) is 0 Å². The van der Waals surface area contributed by atoms with Crippen LogP contribution in [0.5, 0.6) is 5.75 Å². The van der Waals surface area contributed by atoms with Crippen LogP contribution in [0.3, 0.4) is 0 Å². The number of hydrogen-bond acceptors (Lipinski definition) is 4. The molecule has 0 radical (unpaired) electrons. The third-order valence-electron chi connectivity index (χ3n) is 2.50. The van der Waals surface area contributed by atoms with Gasteiger partial charge in [-0.1, -0.05) is 11.6 Å². The summed E-state index contributed by atoms with van der Waals surface area (Å²) >= 11 is 6.11. The minimum atomic E-state index is -0.523. The minimum Gasteiger partial charge on any atom is -0.494 e. The highest BCUT2D eigenvalue weighted by Crippen LogP contribution is 2.37. The van der Waals surface area contributed by atoms with E-state index in [9.17, 15) is 4.79 Å². The zero-order valence-electron chi connectivity index (χ0n) is 10.3. The first-order chi connectivity index (χ1) is 9.13. The molecule has 0 bridgehead atoms. The summed E-state index contributed by atoms with van der Waals surface area (Å²) in [5, 5.41) is 4.21. The molecule has 0 fully saturated rings. The van der Waals surface area contributed by atoms with Crippen molar-refractivity contribution in [2.75, 3.05) is 13.7 Å². The Bertz CT molecular complexity index is 688. The van der Waals surface area contributed by atoms with E-state index in [0.717, 1.165) is 0 Å². The molecule has 0 atom stereocenters. The number of methoxy groups -OCH3 is 1. The summed E-state index contributed by atoms with van der Waals surface area (Å²) < 4.78 is 11.5. The minimum absolute atomic E-state index is 0.192. The van der Waals surface area contributed by atoms with Gasteiger partial charge in [0.2, 0.25) is 5.69 Å².